The zero-order valence-electron chi connectivity index (χ0n) is 9.20. The Kier molecular flexibility index (Phi) is 3.11. The van der Waals surface area contributed by atoms with Gasteiger partial charge in [-0.2, -0.15) is 0 Å². The second-order valence-corrected chi connectivity index (χ2v) is 4.00. The lowest BCUT2D eigenvalue weighted by molar-refractivity contribution is 0.152. The van der Waals surface area contributed by atoms with Crippen LogP contribution in [0.4, 0.5) is 11.4 Å². The van der Waals surface area contributed by atoms with Gasteiger partial charge in [-0.15, -0.1) is 0 Å². The highest BCUT2D eigenvalue weighted by atomic mass is 16.5. The highest BCUT2D eigenvalue weighted by molar-refractivity contribution is 5.59. The molecular formula is C12H18N2O. The Morgan fingerprint density at radius 3 is 2.93 bits per heavy atom. The summed E-state index contributed by atoms with van der Waals surface area (Å²) in [5.41, 5.74) is 9.11. The molecular weight excluding hydrogens is 188 g/mol. The number of hydrogen-bond acceptors (Lipinski definition) is 3. The molecule has 1 aromatic rings. The summed E-state index contributed by atoms with van der Waals surface area (Å²) in [4.78, 5) is 2.38. The molecule has 1 aromatic carbocycles. The highest BCUT2D eigenvalue weighted by Gasteiger charge is 2.11. The van der Waals surface area contributed by atoms with Crippen LogP contribution in [0.15, 0.2) is 18.2 Å². The Morgan fingerprint density at radius 2 is 2.13 bits per heavy atom. The summed E-state index contributed by atoms with van der Waals surface area (Å²) >= 11 is 0. The molecule has 1 fully saturated rings. The largest absolute Gasteiger partial charge is 0.399 e. The van der Waals surface area contributed by atoms with Crippen LogP contribution >= 0.6 is 0 Å². The van der Waals surface area contributed by atoms with Gasteiger partial charge in [0.05, 0.1) is 6.61 Å². The Hall–Kier alpha value is -1.22. The third kappa shape index (κ3) is 2.42. The first kappa shape index (κ1) is 10.3. The van der Waals surface area contributed by atoms with Crippen LogP contribution in [0.3, 0.4) is 0 Å². The molecule has 0 amide bonds. The second kappa shape index (κ2) is 4.53. The fourth-order valence-corrected chi connectivity index (χ4v) is 2.02. The number of nitrogens with zero attached hydrogens (tertiary/aromatic N) is 1. The van der Waals surface area contributed by atoms with Crippen molar-refractivity contribution in [2.45, 2.75) is 13.3 Å². The molecule has 0 aliphatic carbocycles. The van der Waals surface area contributed by atoms with Crippen molar-refractivity contribution in [3.63, 3.8) is 0 Å². The molecule has 1 saturated heterocycles. The SMILES string of the molecule is Cc1cc(N)ccc1N1CCCOCC1. The first-order chi connectivity index (χ1) is 7.27. The van der Waals surface area contributed by atoms with Gasteiger partial charge in [-0.1, -0.05) is 0 Å². The standard InChI is InChI=1S/C12H18N2O/c1-10-9-11(13)3-4-12(10)14-5-2-7-15-8-6-14/h3-4,9H,2,5-8,13H2,1H3. The van der Waals surface area contributed by atoms with E-state index in [0.29, 0.717) is 0 Å². The highest BCUT2D eigenvalue weighted by Crippen LogP contribution is 2.23. The molecule has 3 nitrogen and oxygen atoms in total. The summed E-state index contributed by atoms with van der Waals surface area (Å²) in [5, 5.41) is 0. The predicted molar refractivity (Wildman–Crippen MR) is 63.2 cm³/mol. The van der Waals surface area contributed by atoms with Crippen LogP contribution < -0.4 is 10.6 Å². The normalized spacial score (nSPS) is 17.5. The predicted octanol–water partition coefficient (Wildman–Crippen LogP) is 1.80. The van der Waals surface area contributed by atoms with Gasteiger partial charge in [-0.05, 0) is 37.1 Å². The minimum atomic E-state index is 0.823. The molecule has 0 spiro atoms. The van der Waals surface area contributed by atoms with Crippen molar-refractivity contribution >= 4 is 11.4 Å². The molecule has 3 heteroatoms. The van der Waals surface area contributed by atoms with Crippen LogP contribution in [-0.2, 0) is 4.74 Å². The van der Waals surface area contributed by atoms with E-state index in [-0.39, 0.29) is 0 Å². The number of nitrogen functional groups attached to an aromatic ring is 1. The van der Waals surface area contributed by atoms with Crippen molar-refractivity contribution in [1.82, 2.24) is 0 Å². The summed E-state index contributed by atoms with van der Waals surface area (Å²) in [6, 6.07) is 6.10. The van der Waals surface area contributed by atoms with Gasteiger partial charge >= 0.3 is 0 Å². The molecule has 0 aromatic heterocycles. The second-order valence-electron chi connectivity index (χ2n) is 4.00. The molecule has 1 aliphatic rings. The Bertz CT molecular complexity index is 330. The summed E-state index contributed by atoms with van der Waals surface area (Å²) in [7, 11) is 0. The van der Waals surface area contributed by atoms with Crippen LogP contribution in [0.2, 0.25) is 0 Å². The number of aryl methyl sites for hydroxylation is 1. The van der Waals surface area contributed by atoms with Gasteiger partial charge < -0.3 is 15.4 Å². The van der Waals surface area contributed by atoms with Crippen molar-refractivity contribution in [3.8, 4) is 0 Å². The van der Waals surface area contributed by atoms with E-state index in [1.807, 2.05) is 12.1 Å². The molecule has 1 aliphatic heterocycles. The maximum Gasteiger partial charge on any atom is 0.0641 e. The third-order valence-electron chi connectivity index (χ3n) is 2.78. The summed E-state index contributed by atoms with van der Waals surface area (Å²) in [6.45, 7) is 5.86. The van der Waals surface area contributed by atoms with E-state index < -0.39 is 0 Å². The summed E-state index contributed by atoms with van der Waals surface area (Å²) in [5.74, 6) is 0. The monoisotopic (exact) mass is 206 g/mol. The zero-order valence-corrected chi connectivity index (χ0v) is 9.20. The van der Waals surface area contributed by atoms with Crippen molar-refractivity contribution in [1.29, 1.82) is 0 Å². The maximum absolute atomic E-state index is 5.74. The van der Waals surface area contributed by atoms with Crippen LogP contribution in [0.1, 0.15) is 12.0 Å². The number of ether oxygens (including phenoxy) is 1. The lowest BCUT2D eigenvalue weighted by atomic mass is 10.1. The number of benzene rings is 1. The van der Waals surface area contributed by atoms with Crippen molar-refractivity contribution in [3.05, 3.63) is 23.8 Å². The third-order valence-corrected chi connectivity index (χ3v) is 2.78. The van der Waals surface area contributed by atoms with Crippen LogP contribution in [0.5, 0.6) is 0 Å². The molecule has 0 radical (unpaired) electrons. The first-order valence-corrected chi connectivity index (χ1v) is 5.46. The van der Waals surface area contributed by atoms with Crippen LogP contribution in [-0.4, -0.2) is 26.3 Å². The van der Waals surface area contributed by atoms with Crippen LogP contribution in [0, 0.1) is 6.92 Å². The number of hydrogen-bond donors (Lipinski definition) is 1. The van der Waals surface area contributed by atoms with E-state index >= 15 is 0 Å². The lowest BCUT2D eigenvalue weighted by Gasteiger charge is -2.24. The molecule has 0 bridgehead atoms. The Balaban J connectivity index is 2.19. The average Bonchev–Trinajstić information content (AvgIpc) is 2.46. The van der Waals surface area contributed by atoms with Gasteiger partial charge in [0.1, 0.15) is 0 Å². The van der Waals surface area contributed by atoms with Crippen molar-refractivity contribution < 1.29 is 4.74 Å². The maximum atomic E-state index is 5.74. The summed E-state index contributed by atoms with van der Waals surface area (Å²) < 4.78 is 5.44. The number of anilines is 2. The summed E-state index contributed by atoms with van der Waals surface area (Å²) in [6.07, 6.45) is 1.10. The fourth-order valence-electron chi connectivity index (χ4n) is 2.02. The number of rotatable bonds is 1. The fraction of sp³-hybridized carbons (Fsp3) is 0.500. The Labute approximate surface area is 90.8 Å². The van der Waals surface area contributed by atoms with Gasteiger partial charge in [0, 0.05) is 31.1 Å². The van der Waals surface area contributed by atoms with Gasteiger partial charge in [0.25, 0.3) is 0 Å². The molecule has 0 saturated carbocycles. The average molecular weight is 206 g/mol. The van der Waals surface area contributed by atoms with E-state index in [0.717, 1.165) is 38.4 Å². The quantitative estimate of drug-likeness (QED) is 0.712. The minimum absolute atomic E-state index is 0.823. The molecule has 2 rings (SSSR count). The van der Waals surface area contributed by atoms with Crippen LogP contribution in [0.25, 0.3) is 0 Å². The van der Waals surface area contributed by atoms with E-state index in [4.69, 9.17) is 10.5 Å². The molecule has 0 unspecified atom stereocenters. The topological polar surface area (TPSA) is 38.5 Å². The molecule has 0 atom stereocenters. The molecule has 15 heavy (non-hydrogen) atoms. The van der Waals surface area contributed by atoms with Gasteiger partial charge in [-0.3, -0.25) is 0 Å². The van der Waals surface area contributed by atoms with E-state index in [1.54, 1.807) is 0 Å². The van der Waals surface area contributed by atoms with E-state index in [2.05, 4.69) is 17.9 Å². The number of nitrogens with two attached hydrogens (primary N) is 1. The minimum Gasteiger partial charge on any atom is -0.399 e. The zero-order chi connectivity index (χ0) is 10.7. The Morgan fingerprint density at radius 1 is 1.27 bits per heavy atom. The van der Waals surface area contributed by atoms with Gasteiger partial charge in [0.2, 0.25) is 0 Å². The van der Waals surface area contributed by atoms with Gasteiger partial charge in [0.15, 0.2) is 0 Å². The molecule has 82 valence electrons. The molecule has 1 heterocycles. The van der Waals surface area contributed by atoms with Crippen molar-refractivity contribution in [2.24, 2.45) is 0 Å². The molecule has 2 N–H and O–H groups in total. The van der Waals surface area contributed by atoms with Gasteiger partial charge in [-0.25, -0.2) is 0 Å². The van der Waals surface area contributed by atoms with E-state index in [9.17, 15) is 0 Å². The smallest absolute Gasteiger partial charge is 0.0641 e. The van der Waals surface area contributed by atoms with Crippen molar-refractivity contribution in [2.75, 3.05) is 36.9 Å². The van der Waals surface area contributed by atoms with E-state index in [1.165, 1.54) is 11.3 Å². The first-order valence-electron chi connectivity index (χ1n) is 5.46. The lowest BCUT2D eigenvalue weighted by Crippen LogP contribution is -2.26.